The first-order valence-corrected chi connectivity index (χ1v) is 8.44. The number of nitrogens with one attached hydrogen (secondary N) is 2. The molecule has 0 fully saturated rings. The second kappa shape index (κ2) is 8.87. The first-order chi connectivity index (χ1) is 12.0. The maximum absolute atomic E-state index is 12.5. The van der Waals surface area contributed by atoms with Crippen LogP contribution < -0.4 is 10.6 Å². The molecule has 0 radical (unpaired) electrons. The minimum absolute atomic E-state index is 0.0366. The average Bonchev–Trinajstić information content (AvgIpc) is 2.61. The molecule has 2 aromatic rings. The van der Waals surface area contributed by atoms with Crippen molar-refractivity contribution < 1.29 is 14.3 Å². The fraction of sp³-hybridized carbons (Fsp3) is 0.300. The van der Waals surface area contributed by atoms with Crippen molar-refractivity contribution in [2.24, 2.45) is 0 Å². The van der Waals surface area contributed by atoms with Gasteiger partial charge in [-0.1, -0.05) is 36.8 Å². The fourth-order valence-corrected chi connectivity index (χ4v) is 2.45. The van der Waals surface area contributed by atoms with Gasteiger partial charge >= 0.3 is 6.09 Å². The molecule has 25 heavy (non-hydrogen) atoms. The Morgan fingerprint density at radius 1 is 1.00 bits per heavy atom. The van der Waals surface area contributed by atoms with Gasteiger partial charge in [0.05, 0.1) is 12.6 Å². The standard InChI is InChI=1S/C20H24N2O3/c1-4-18(15-8-6-14(3)7-9-15)22-19(23)16-10-12-17(13-11-16)21-20(24)25-5-2/h6-13,18H,4-5H2,1-3H3,(H,21,24)(H,22,23)/t18-/m0/s1. The van der Waals surface area contributed by atoms with Crippen LogP contribution in [0.3, 0.4) is 0 Å². The van der Waals surface area contributed by atoms with Crippen molar-refractivity contribution in [1.82, 2.24) is 5.32 Å². The number of anilines is 1. The lowest BCUT2D eigenvalue weighted by molar-refractivity contribution is 0.0935. The molecule has 1 atom stereocenters. The lowest BCUT2D eigenvalue weighted by atomic mass is 10.0. The van der Waals surface area contributed by atoms with Gasteiger partial charge in [-0.15, -0.1) is 0 Å². The van der Waals surface area contributed by atoms with Gasteiger partial charge in [0.15, 0.2) is 0 Å². The van der Waals surface area contributed by atoms with Crippen LogP contribution in [0.1, 0.15) is 47.8 Å². The van der Waals surface area contributed by atoms with E-state index >= 15 is 0 Å². The largest absolute Gasteiger partial charge is 0.450 e. The molecule has 2 amide bonds. The highest BCUT2D eigenvalue weighted by Crippen LogP contribution is 2.18. The Morgan fingerprint density at radius 2 is 1.64 bits per heavy atom. The van der Waals surface area contributed by atoms with Crippen LogP contribution in [0.4, 0.5) is 10.5 Å². The molecule has 0 aliphatic heterocycles. The maximum atomic E-state index is 12.5. The summed E-state index contributed by atoms with van der Waals surface area (Å²) in [4.78, 5) is 23.9. The molecule has 0 saturated heterocycles. The summed E-state index contributed by atoms with van der Waals surface area (Å²) in [5, 5.41) is 5.65. The summed E-state index contributed by atoms with van der Waals surface area (Å²) in [6.07, 6.45) is 0.294. The molecular weight excluding hydrogens is 316 g/mol. The van der Waals surface area contributed by atoms with Crippen LogP contribution in [0.15, 0.2) is 48.5 Å². The Kier molecular flexibility index (Phi) is 6.57. The number of aryl methyl sites for hydroxylation is 1. The maximum Gasteiger partial charge on any atom is 0.411 e. The van der Waals surface area contributed by atoms with E-state index in [2.05, 4.69) is 10.6 Å². The zero-order chi connectivity index (χ0) is 18.2. The highest BCUT2D eigenvalue weighted by Gasteiger charge is 2.14. The number of hydrogen-bond acceptors (Lipinski definition) is 3. The molecule has 5 heteroatoms. The molecule has 5 nitrogen and oxygen atoms in total. The molecule has 132 valence electrons. The minimum Gasteiger partial charge on any atom is -0.450 e. The summed E-state index contributed by atoms with van der Waals surface area (Å²) >= 11 is 0. The Hall–Kier alpha value is -2.82. The van der Waals surface area contributed by atoms with Crippen LogP contribution in [0.25, 0.3) is 0 Å². The summed E-state index contributed by atoms with van der Waals surface area (Å²) < 4.78 is 4.82. The highest BCUT2D eigenvalue weighted by molar-refractivity contribution is 5.95. The van der Waals surface area contributed by atoms with Crippen molar-refractivity contribution in [3.05, 3.63) is 65.2 Å². The van der Waals surface area contributed by atoms with E-state index in [4.69, 9.17) is 4.74 Å². The van der Waals surface area contributed by atoms with Crippen molar-refractivity contribution in [2.45, 2.75) is 33.2 Å². The Morgan fingerprint density at radius 3 is 2.20 bits per heavy atom. The van der Waals surface area contributed by atoms with Gasteiger partial charge < -0.3 is 10.1 Å². The van der Waals surface area contributed by atoms with Gasteiger partial charge in [-0.2, -0.15) is 0 Å². The van der Waals surface area contributed by atoms with Crippen molar-refractivity contribution in [2.75, 3.05) is 11.9 Å². The quantitative estimate of drug-likeness (QED) is 0.816. The van der Waals surface area contributed by atoms with Gasteiger partial charge in [0.1, 0.15) is 0 Å². The Bertz CT molecular complexity index is 709. The summed E-state index contributed by atoms with van der Waals surface area (Å²) in [5.74, 6) is -0.143. The molecule has 2 N–H and O–H groups in total. The lowest BCUT2D eigenvalue weighted by Gasteiger charge is -2.18. The summed E-state index contributed by atoms with van der Waals surface area (Å²) in [6, 6.07) is 14.8. The number of rotatable bonds is 6. The molecule has 0 bridgehead atoms. The van der Waals surface area contributed by atoms with E-state index < -0.39 is 6.09 Å². The van der Waals surface area contributed by atoms with Crippen LogP contribution in [0.5, 0.6) is 0 Å². The van der Waals surface area contributed by atoms with Gasteiger partial charge in [-0.05, 0) is 50.1 Å². The zero-order valence-electron chi connectivity index (χ0n) is 14.8. The molecule has 2 rings (SSSR count). The van der Waals surface area contributed by atoms with Gasteiger partial charge in [0.2, 0.25) is 0 Å². The van der Waals surface area contributed by atoms with Crippen molar-refractivity contribution in [1.29, 1.82) is 0 Å². The SMILES string of the molecule is CCOC(=O)Nc1ccc(C(=O)N[C@@H](CC)c2ccc(C)cc2)cc1. The van der Waals surface area contributed by atoms with E-state index in [0.29, 0.717) is 17.9 Å². The summed E-state index contributed by atoms with van der Waals surface area (Å²) in [7, 11) is 0. The molecule has 0 aliphatic carbocycles. The first-order valence-electron chi connectivity index (χ1n) is 8.44. The third-order valence-electron chi connectivity index (χ3n) is 3.86. The number of amides is 2. The van der Waals surface area contributed by atoms with E-state index in [9.17, 15) is 9.59 Å². The number of carbonyl (C=O) groups is 2. The van der Waals surface area contributed by atoms with Gasteiger partial charge in [0, 0.05) is 11.3 Å². The van der Waals surface area contributed by atoms with Crippen LogP contribution in [-0.4, -0.2) is 18.6 Å². The molecule has 0 heterocycles. The van der Waals surface area contributed by atoms with Crippen molar-refractivity contribution in [3.8, 4) is 0 Å². The minimum atomic E-state index is -0.509. The van der Waals surface area contributed by atoms with E-state index in [-0.39, 0.29) is 11.9 Å². The van der Waals surface area contributed by atoms with Gasteiger partial charge in [-0.3, -0.25) is 10.1 Å². The second-order valence-electron chi connectivity index (χ2n) is 5.77. The first kappa shape index (κ1) is 18.5. The van der Waals surface area contributed by atoms with E-state index in [1.807, 2.05) is 38.1 Å². The predicted molar refractivity (Wildman–Crippen MR) is 98.8 cm³/mol. The number of benzene rings is 2. The molecule has 0 aromatic heterocycles. The second-order valence-corrected chi connectivity index (χ2v) is 5.77. The molecule has 0 spiro atoms. The number of ether oxygens (including phenoxy) is 1. The van der Waals surface area contributed by atoms with Crippen molar-refractivity contribution in [3.63, 3.8) is 0 Å². The molecule has 2 aromatic carbocycles. The third-order valence-corrected chi connectivity index (χ3v) is 3.86. The van der Waals surface area contributed by atoms with E-state index in [0.717, 1.165) is 12.0 Å². The summed E-state index contributed by atoms with van der Waals surface area (Å²) in [5.41, 5.74) is 3.40. The molecule has 0 saturated carbocycles. The summed E-state index contributed by atoms with van der Waals surface area (Å²) in [6.45, 7) is 6.13. The third kappa shape index (κ3) is 5.35. The van der Waals surface area contributed by atoms with Crippen LogP contribution in [0.2, 0.25) is 0 Å². The Labute approximate surface area is 148 Å². The topological polar surface area (TPSA) is 67.4 Å². The normalized spacial score (nSPS) is 11.5. The van der Waals surface area contributed by atoms with Gasteiger partial charge in [0.25, 0.3) is 5.91 Å². The van der Waals surface area contributed by atoms with Gasteiger partial charge in [-0.25, -0.2) is 4.79 Å². The van der Waals surface area contributed by atoms with Crippen molar-refractivity contribution >= 4 is 17.7 Å². The van der Waals surface area contributed by atoms with Crippen LogP contribution >= 0.6 is 0 Å². The fourth-order valence-electron chi connectivity index (χ4n) is 2.45. The number of carbonyl (C=O) groups excluding carboxylic acids is 2. The van der Waals surface area contributed by atoms with Crippen LogP contribution in [0, 0.1) is 6.92 Å². The molecule has 0 aliphatic rings. The lowest BCUT2D eigenvalue weighted by Crippen LogP contribution is -2.28. The average molecular weight is 340 g/mol. The molecular formula is C20H24N2O3. The smallest absolute Gasteiger partial charge is 0.411 e. The highest BCUT2D eigenvalue weighted by atomic mass is 16.5. The molecule has 0 unspecified atom stereocenters. The Balaban J connectivity index is 2.01. The van der Waals surface area contributed by atoms with Crippen LogP contribution in [-0.2, 0) is 4.74 Å². The zero-order valence-corrected chi connectivity index (χ0v) is 14.8. The van der Waals surface area contributed by atoms with E-state index in [1.165, 1.54) is 5.56 Å². The van der Waals surface area contributed by atoms with E-state index in [1.54, 1.807) is 31.2 Å². The predicted octanol–water partition coefficient (Wildman–Crippen LogP) is 4.44. The number of hydrogen-bond donors (Lipinski definition) is 2. The monoisotopic (exact) mass is 340 g/mol.